The van der Waals surface area contributed by atoms with Crippen molar-refractivity contribution in [2.24, 2.45) is 5.92 Å². The number of aryl methyl sites for hydroxylation is 1. The van der Waals surface area contributed by atoms with Crippen LogP contribution in [0.1, 0.15) is 45.2 Å². The van der Waals surface area contributed by atoms with E-state index in [4.69, 9.17) is 4.74 Å². The average Bonchev–Trinajstić information content (AvgIpc) is 2.95. The average molecular weight is 598 g/mol. The lowest BCUT2D eigenvalue weighted by Gasteiger charge is -2.33. The summed E-state index contributed by atoms with van der Waals surface area (Å²) >= 11 is 0. The van der Waals surface area contributed by atoms with Gasteiger partial charge in [-0.25, -0.2) is 12.8 Å². The van der Waals surface area contributed by atoms with Gasteiger partial charge < -0.3 is 15.0 Å². The van der Waals surface area contributed by atoms with Crippen molar-refractivity contribution in [3.8, 4) is 5.75 Å². The molecule has 3 rings (SSSR count). The van der Waals surface area contributed by atoms with E-state index in [2.05, 4.69) is 5.32 Å². The fourth-order valence-electron chi connectivity index (χ4n) is 4.49. The Morgan fingerprint density at radius 2 is 1.64 bits per heavy atom. The number of hydrogen-bond donors (Lipinski definition) is 1. The minimum absolute atomic E-state index is 0.0602. The van der Waals surface area contributed by atoms with E-state index in [1.54, 1.807) is 0 Å². The monoisotopic (exact) mass is 597 g/mol. The molecule has 0 fully saturated rings. The summed E-state index contributed by atoms with van der Waals surface area (Å²) < 4.78 is 48.1. The molecule has 0 saturated carbocycles. The van der Waals surface area contributed by atoms with Crippen LogP contribution in [0.4, 0.5) is 10.1 Å². The standard InChI is InChI=1S/C32H40FN3O5S/c1-6-30(32(38)34-20-23(3)4)35(21-25-10-8-9-24(5)19-25)31(37)22-36(27-13-11-26(33)12-14-27)42(39,40)29-17-15-28(16-18-29)41-7-2/h8-19,23,30H,6-7,20-22H2,1-5H3,(H,34,38)/t30-/m0/s1. The number of rotatable bonds is 14. The van der Waals surface area contributed by atoms with E-state index < -0.39 is 34.3 Å². The van der Waals surface area contributed by atoms with Crippen LogP contribution in [-0.2, 0) is 26.2 Å². The van der Waals surface area contributed by atoms with Crippen molar-refractivity contribution in [3.05, 3.63) is 89.7 Å². The number of nitrogens with zero attached hydrogens (tertiary/aromatic N) is 2. The molecule has 0 aliphatic heterocycles. The Labute approximate surface area is 248 Å². The van der Waals surface area contributed by atoms with E-state index in [0.29, 0.717) is 25.3 Å². The summed E-state index contributed by atoms with van der Waals surface area (Å²) in [4.78, 5) is 28.7. The highest BCUT2D eigenvalue weighted by atomic mass is 32.2. The lowest BCUT2D eigenvalue weighted by atomic mass is 10.1. The van der Waals surface area contributed by atoms with Gasteiger partial charge in [-0.05, 0) is 80.3 Å². The number of nitrogens with one attached hydrogen (secondary N) is 1. The van der Waals surface area contributed by atoms with Gasteiger partial charge in [0.2, 0.25) is 11.8 Å². The summed E-state index contributed by atoms with van der Waals surface area (Å²) in [6.45, 7) is 9.88. The van der Waals surface area contributed by atoms with Crippen LogP contribution in [0, 0.1) is 18.7 Å². The smallest absolute Gasteiger partial charge is 0.264 e. The molecule has 0 spiro atoms. The van der Waals surface area contributed by atoms with Gasteiger partial charge in [-0.1, -0.05) is 50.6 Å². The van der Waals surface area contributed by atoms with Crippen molar-refractivity contribution in [2.75, 3.05) is 24.0 Å². The van der Waals surface area contributed by atoms with Crippen molar-refractivity contribution in [2.45, 2.75) is 58.5 Å². The molecule has 0 heterocycles. The second-order valence-electron chi connectivity index (χ2n) is 10.5. The normalized spacial score (nSPS) is 12.1. The Hall–Kier alpha value is -3.92. The number of benzene rings is 3. The third-order valence-electron chi connectivity index (χ3n) is 6.62. The molecule has 0 aliphatic carbocycles. The molecule has 42 heavy (non-hydrogen) atoms. The van der Waals surface area contributed by atoms with Crippen LogP contribution in [0.25, 0.3) is 0 Å². The SMILES string of the molecule is CCOc1ccc(S(=O)(=O)N(CC(=O)N(Cc2cccc(C)c2)[C@@H](CC)C(=O)NCC(C)C)c2ccc(F)cc2)cc1. The molecule has 3 aromatic carbocycles. The number of hydrogen-bond acceptors (Lipinski definition) is 5. The van der Waals surface area contributed by atoms with Gasteiger partial charge in [0.05, 0.1) is 17.2 Å². The molecule has 0 saturated heterocycles. The fourth-order valence-corrected chi connectivity index (χ4v) is 5.90. The first-order chi connectivity index (χ1) is 20.0. The van der Waals surface area contributed by atoms with Gasteiger partial charge in [0, 0.05) is 13.1 Å². The van der Waals surface area contributed by atoms with Gasteiger partial charge >= 0.3 is 0 Å². The molecule has 0 radical (unpaired) electrons. The number of ether oxygens (including phenoxy) is 1. The number of anilines is 1. The summed E-state index contributed by atoms with van der Waals surface area (Å²) in [7, 11) is -4.27. The van der Waals surface area contributed by atoms with Crippen LogP contribution >= 0.6 is 0 Å². The van der Waals surface area contributed by atoms with Gasteiger partial charge in [0.25, 0.3) is 10.0 Å². The van der Waals surface area contributed by atoms with Crippen LogP contribution < -0.4 is 14.4 Å². The van der Waals surface area contributed by atoms with Gasteiger partial charge in [-0.15, -0.1) is 0 Å². The predicted octanol–water partition coefficient (Wildman–Crippen LogP) is 5.31. The molecular weight excluding hydrogens is 557 g/mol. The summed E-state index contributed by atoms with van der Waals surface area (Å²) in [6.07, 6.45) is 0.323. The number of amides is 2. The predicted molar refractivity (Wildman–Crippen MR) is 162 cm³/mol. The first kappa shape index (κ1) is 32.6. The molecule has 8 nitrogen and oxygen atoms in total. The molecule has 0 aromatic heterocycles. The lowest BCUT2D eigenvalue weighted by Crippen LogP contribution is -2.52. The maximum absolute atomic E-state index is 14.1. The van der Waals surface area contributed by atoms with Crippen LogP contribution in [0.5, 0.6) is 5.75 Å². The topological polar surface area (TPSA) is 96.0 Å². The Bertz CT molecular complexity index is 1440. The third-order valence-corrected chi connectivity index (χ3v) is 8.41. The summed E-state index contributed by atoms with van der Waals surface area (Å²) in [6, 6.07) is 17.5. The van der Waals surface area contributed by atoms with Crippen molar-refractivity contribution in [1.82, 2.24) is 10.2 Å². The van der Waals surface area contributed by atoms with Crippen LogP contribution in [0.15, 0.2) is 77.7 Å². The maximum Gasteiger partial charge on any atom is 0.264 e. The molecule has 226 valence electrons. The molecule has 0 aliphatic rings. The van der Waals surface area contributed by atoms with Gasteiger partial charge in [-0.2, -0.15) is 0 Å². The first-order valence-electron chi connectivity index (χ1n) is 14.1. The molecule has 0 unspecified atom stereocenters. The van der Waals surface area contributed by atoms with Crippen LogP contribution in [0.3, 0.4) is 0 Å². The molecule has 1 N–H and O–H groups in total. The summed E-state index contributed by atoms with van der Waals surface area (Å²) in [5.74, 6) is -0.710. The zero-order chi connectivity index (χ0) is 30.9. The van der Waals surface area contributed by atoms with Crippen LogP contribution in [0.2, 0.25) is 0 Å². The Morgan fingerprint density at radius 1 is 0.976 bits per heavy atom. The fraction of sp³-hybridized carbons (Fsp3) is 0.375. The first-order valence-corrected chi connectivity index (χ1v) is 15.5. The highest BCUT2D eigenvalue weighted by molar-refractivity contribution is 7.92. The lowest BCUT2D eigenvalue weighted by molar-refractivity contribution is -0.140. The zero-order valence-electron chi connectivity index (χ0n) is 24.8. The minimum atomic E-state index is -4.27. The maximum atomic E-state index is 14.1. The molecule has 2 amide bonds. The van der Waals surface area contributed by atoms with Crippen molar-refractivity contribution >= 4 is 27.5 Å². The number of carbonyl (C=O) groups excluding carboxylic acids is 2. The van der Waals surface area contributed by atoms with Gasteiger partial charge in [0.15, 0.2) is 0 Å². The van der Waals surface area contributed by atoms with Crippen molar-refractivity contribution in [1.29, 1.82) is 0 Å². The van der Waals surface area contributed by atoms with Crippen molar-refractivity contribution < 1.29 is 27.1 Å². The van der Waals surface area contributed by atoms with Crippen molar-refractivity contribution in [3.63, 3.8) is 0 Å². The number of carbonyl (C=O) groups is 2. The molecular formula is C32H40FN3O5S. The Kier molecular flexibility index (Phi) is 11.5. The van der Waals surface area contributed by atoms with E-state index in [1.165, 1.54) is 41.3 Å². The highest BCUT2D eigenvalue weighted by Gasteiger charge is 2.33. The highest BCUT2D eigenvalue weighted by Crippen LogP contribution is 2.26. The van der Waals surface area contributed by atoms with E-state index in [9.17, 15) is 22.4 Å². The van der Waals surface area contributed by atoms with E-state index in [-0.39, 0.29) is 29.0 Å². The second-order valence-corrected chi connectivity index (χ2v) is 12.3. The Balaban J connectivity index is 2.04. The number of sulfonamides is 1. The molecule has 10 heteroatoms. The van der Waals surface area contributed by atoms with E-state index in [1.807, 2.05) is 58.9 Å². The quantitative estimate of drug-likeness (QED) is 0.272. The minimum Gasteiger partial charge on any atom is -0.494 e. The number of halogens is 1. The van der Waals surface area contributed by atoms with Gasteiger partial charge in [0.1, 0.15) is 24.2 Å². The molecule has 0 bridgehead atoms. The van der Waals surface area contributed by atoms with E-state index >= 15 is 0 Å². The second kappa shape index (κ2) is 14.8. The largest absolute Gasteiger partial charge is 0.494 e. The summed E-state index contributed by atoms with van der Waals surface area (Å²) in [5.41, 5.74) is 1.91. The van der Waals surface area contributed by atoms with Crippen LogP contribution in [-0.4, -0.2) is 50.9 Å². The zero-order valence-corrected chi connectivity index (χ0v) is 25.7. The van der Waals surface area contributed by atoms with Gasteiger partial charge in [-0.3, -0.25) is 13.9 Å². The molecule has 1 atom stereocenters. The molecule has 3 aromatic rings. The summed E-state index contributed by atoms with van der Waals surface area (Å²) in [5, 5.41) is 2.91. The van der Waals surface area contributed by atoms with E-state index in [0.717, 1.165) is 27.6 Å². The Morgan fingerprint density at radius 3 is 2.21 bits per heavy atom. The third kappa shape index (κ3) is 8.55.